The monoisotopic (exact) mass is 599 g/mol. The molecule has 1 aromatic heterocycles. The van der Waals surface area contributed by atoms with E-state index in [4.69, 9.17) is 15.0 Å². The van der Waals surface area contributed by atoms with Crippen molar-refractivity contribution in [2.75, 3.05) is 0 Å². The van der Waals surface area contributed by atoms with Crippen LogP contribution in [0.25, 0.3) is 56.4 Å². The fourth-order valence-corrected chi connectivity index (χ4v) is 8.63. The molecular weight excluding hydrogens is 563 g/mol. The summed E-state index contributed by atoms with van der Waals surface area (Å²) in [5.74, 6) is 2.08. The first kappa shape index (κ1) is 27.8. The first-order valence-electron chi connectivity index (χ1n) is 16.2. The number of fused-ring (bicyclic) bond motifs is 5. The van der Waals surface area contributed by atoms with Crippen molar-refractivity contribution in [1.29, 1.82) is 0 Å². The molecule has 2 aliphatic carbocycles. The van der Waals surface area contributed by atoms with Crippen LogP contribution in [0.2, 0.25) is 19.6 Å². The van der Waals surface area contributed by atoms with Crippen LogP contribution in [-0.2, 0) is 5.41 Å². The highest BCUT2D eigenvalue weighted by molar-refractivity contribution is 6.88. The summed E-state index contributed by atoms with van der Waals surface area (Å²) in [5, 5.41) is 1.42. The molecule has 6 aromatic rings. The quantitative estimate of drug-likeness (QED) is 0.185. The van der Waals surface area contributed by atoms with E-state index in [1.165, 1.54) is 64.3 Å². The number of nitrogens with zero attached hydrogens (tertiary/aromatic N) is 3. The van der Waals surface area contributed by atoms with Crippen molar-refractivity contribution in [3.8, 4) is 56.4 Å². The molecule has 0 unspecified atom stereocenters. The van der Waals surface area contributed by atoms with E-state index in [1.807, 2.05) is 18.2 Å². The van der Waals surface area contributed by atoms with Gasteiger partial charge >= 0.3 is 0 Å². The van der Waals surface area contributed by atoms with Crippen LogP contribution in [0.15, 0.2) is 121 Å². The molecule has 5 aromatic carbocycles. The second-order valence-corrected chi connectivity index (χ2v) is 18.8. The van der Waals surface area contributed by atoms with E-state index in [2.05, 4.69) is 123 Å². The number of hydrogen-bond donors (Lipinski definition) is 0. The summed E-state index contributed by atoms with van der Waals surface area (Å²) in [5.41, 5.74) is 11.4. The summed E-state index contributed by atoms with van der Waals surface area (Å²) >= 11 is 0. The van der Waals surface area contributed by atoms with Gasteiger partial charge in [0, 0.05) is 22.1 Å². The SMILES string of the molecule is C[Si](C)(C)c1ccc(-c2nc(-c3ccccc3)nc(-c3cccc(-c4ccc5c(c4)C4(CCCC4)c4ccccc4-5)c3)n2)cc1. The molecule has 45 heavy (non-hydrogen) atoms. The molecule has 1 heterocycles. The van der Waals surface area contributed by atoms with Crippen LogP contribution in [0.3, 0.4) is 0 Å². The van der Waals surface area contributed by atoms with Gasteiger partial charge in [0.15, 0.2) is 17.5 Å². The minimum absolute atomic E-state index is 0.151. The van der Waals surface area contributed by atoms with E-state index in [0.717, 1.165) is 16.7 Å². The zero-order valence-corrected chi connectivity index (χ0v) is 27.2. The van der Waals surface area contributed by atoms with Gasteiger partial charge in [-0.05, 0) is 58.4 Å². The highest BCUT2D eigenvalue weighted by atomic mass is 28.3. The van der Waals surface area contributed by atoms with Gasteiger partial charge in [-0.15, -0.1) is 0 Å². The van der Waals surface area contributed by atoms with Crippen LogP contribution in [0, 0.1) is 0 Å². The van der Waals surface area contributed by atoms with Crippen molar-refractivity contribution in [3.05, 3.63) is 132 Å². The summed E-state index contributed by atoms with van der Waals surface area (Å²) in [6.45, 7) is 7.12. The van der Waals surface area contributed by atoms with Crippen LogP contribution in [-0.4, -0.2) is 23.0 Å². The van der Waals surface area contributed by atoms with E-state index >= 15 is 0 Å². The molecule has 0 radical (unpaired) electrons. The molecule has 3 nitrogen and oxygen atoms in total. The molecule has 1 spiro atoms. The number of rotatable bonds is 5. The standard InChI is InChI=1S/C41H37N3Si/c1-45(2,3)33-21-18-29(19-22-33)39-42-38(28-12-5-4-6-13-28)43-40(44-39)32-15-11-14-30(26-32)31-20-23-35-34-16-7-8-17-36(34)41(37(35)27-31)24-9-10-25-41/h4-8,11-23,26-27H,9-10,24-25H2,1-3H3. The zero-order chi connectivity index (χ0) is 30.6. The number of hydrogen-bond acceptors (Lipinski definition) is 3. The normalized spacial score (nSPS) is 14.8. The van der Waals surface area contributed by atoms with Crippen LogP contribution in [0.1, 0.15) is 36.8 Å². The van der Waals surface area contributed by atoms with Gasteiger partial charge in [0.2, 0.25) is 0 Å². The van der Waals surface area contributed by atoms with Gasteiger partial charge in [-0.1, -0.05) is 147 Å². The smallest absolute Gasteiger partial charge is 0.164 e. The van der Waals surface area contributed by atoms with Crippen LogP contribution < -0.4 is 5.19 Å². The lowest BCUT2D eigenvalue weighted by atomic mass is 9.76. The largest absolute Gasteiger partial charge is 0.208 e. The van der Waals surface area contributed by atoms with Gasteiger partial charge < -0.3 is 0 Å². The van der Waals surface area contributed by atoms with E-state index < -0.39 is 8.07 Å². The molecule has 0 saturated heterocycles. The third-order valence-corrected chi connectivity index (χ3v) is 11.9. The van der Waals surface area contributed by atoms with Crippen LogP contribution in [0.4, 0.5) is 0 Å². The van der Waals surface area contributed by atoms with Crippen molar-refractivity contribution >= 4 is 13.3 Å². The molecule has 0 amide bonds. The fraction of sp³-hybridized carbons (Fsp3) is 0.195. The molecule has 1 fully saturated rings. The maximum Gasteiger partial charge on any atom is 0.164 e. The van der Waals surface area contributed by atoms with Crippen molar-refractivity contribution in [1.82, 2.24) is 15.0 Å². The molecule has 2 aliphatic rings. The van der Waals surface area contributed by atoms with Gasteiger partial charge in [-0.2, -0.15) is 0 Å². The molecular formula is C41H37N3Si. The summed E-state index contributed by atoms with van der Waals surface area (Å²) in [4.78, 5) is 15.0. The third kappa shape index (κ3) is 4.85. The van der Waals surface area contributed by atoms with Gasteiger partial charge in [0.1, 0.15) is 0 Å². The second-order valence-electron chi connectivity index (χ2n) is 13.7. The first-order valence-corrected chi connectivity index (χ1v) is 19.7. The van der Waals surface area contributed by atoms with E-state index in [-0.39, 0.29) is 5.41 Å². The zero-order valence-electron chi connectivity index (χ0n) is 26.2. The predicted octanol–water partition coefficient (Wildman–Crippen LogP) is 9.93. The average molecular weight is 600 g/mol. The Kier molecular flexibility index (Phi) is 6.65. The number of aromatic nitrogens is 3. The Hall–Kier alpha value is -4.67. The third-order valence-electron chi connectivity index (χ3n) is 9.86. The molecule has 0 N–H and O–H groups in total. The second kappa shape index (κ2) is 10.7. The highest BCUT2D eigenvalue weighted by Crippen LogP contribution is 2.57. The minimum atomic E-state index is -1.41. The molecule has 4 heteroatoms. The van der Waals surface area contributed by atoms with Crippen molar-refractivity contribution in [3.63, 3.8) is 0 Å². The lowest BCUT2D eigenvalue weighted by molar-refractivity contribution is 0.550. The lowest BCUT2D eigenvalue weighted by Crippen LogP contribution is -2.37. The lowest BCUT2D eigenvalue weighted by Gasteiger charge is -2.27. The van der Waals surface area contributed by atoms with Crippen molar-refractivity contribution in [2.45, 2.75) is 50.7 Å². The Bertz CT molecular complexity index is 2040. The average Bonchev–Trinajstić information content (AvgIpc) is 3.69. The van der Waals surface area contributed by atoms with E-state index in [9.17, 15) is 0 Å². The maximum absolute atomic E-state index is 5.06. The van der Waals surface area contributed by atoms with E-state index in [0.29, 0.717) is 17.5 Å². The summed E-state index contributed by atoms with van der Waals surface area (Å²) in [7, 11) is -1.41. The molecule has 0 aliphatic heterocycles. The Morgan fingerprint density at radius 2 is 1.00 bits per heavy atom. The van der Waals surface area contributed by atoms with Gasteiger partial charge in [-0.25, -0.2) is 15.0 Å². The molecule has 0 atom stereocenters. The fourth-order valence-electron chi connectivity index (χ4n) is 7.46. The minimum Gasteiger partial charge on any atom is -0.208 e. The van der Waals surface area contributed by atoms with Gasteiger partial charge in [0.05, 0.1) is 8.07 Å². The van der Waals surface area contributed by atoms with E-state index in [1.54, 1.807) is 0 Å². The summed E-state index contributed by atoms with van der Waals surface area (Å²) in [6.07, 6.45) is 5.05. The Morgan fingerprint density at radius 1 is 0.467 bits per heavy atom. The predicted molar refractivity (Wildman–Crippen MR) is 189 cm³/mol. The number of benzene rings is 5. The van der Waals surface area contributed by atoms with Gasteiger partial charge in [0.25, 0.3) is 0 Å². The Balaban J connectivity index is 1.22. The van der Waals surface area contributed by atoms with Crippen molar-refractivity contribution in [2.24, 2.45) is 0 Å². The molecule has 8 rings (SSSR count). The molecule has 0 bridgehead atoms. The van der Waals surface area contributed by atoms with Crippen LogP contribution in [0.5, 0.6) is 0 Å². The van der Waals surface area contributed by atoms with Gasteiger partial charge in [-0.3, -0.25) is 0 Å². The molecule has 1 saturated carbocycles. The summed E-state index contributed by atoms with van der Waals surface area (Å²) in [6, 6.07) is 43.9. The Morgan fingerprint density at radius 3 is 1.71 bits per heavy atom. The Labute approximate surface area is 267 Å². The van der Waals surface area contributed by atoms with Crippen molar-refractivity contribution < 1.29 is 0 Å². The molecule has 220 valence electrons. The highest BCUT2D eigenvalue weighted by Gasteiger charge is 2.44. The first-order chi connectivity index (χ1) is 21.9. The topological polar surface area (TPSA) is 38.7 Å². The summed E-state index contributed by atoms with van der Waals surface area (Å²) < 4.78 is 0. The maximum atomic E-state index is 5.06. The van der Waals surface area contributed by atoms with Crippen LogP contribution >= 0.6 is 0 Å².